The summed E-state index contributed by atoms with van der Waals surface area (Å²) in [6, 6.07) is -0.362. The number of ether oxygens (including phenoxy) is 1. The first kappa shape index (κ1) is 16.6. The number of rotatable bonds is 3. The van der Waals surface area contributed by atoms with Crippen LogP contribution in [0.25, 0.3) is 0 Å². The molecule has 0 atom stereocenters. The molecule has 0 aromatic heterocycles. The van der Waals surface area contributed by atoms with E-state index in [1.165, 1.54) is 0 Å². The molecule has 1 rings (SSSR count). The average molecular weight is 286 g/mol. The Balaban J connectivity index is 2.22. The Morgan fingerprint density at radius 3 is 2.50 bits per heavy atom. The molecule has 1 fully saturated rings. The normalized spacial score (nSPS) is 17.4. The van der Waals surface area contributed by atoms with Crippen molar-refractivity contribution in [3.05, 3.63) is 0 Å². The van der Waals surface area contributed by atoms with E-state index in [-0.39, 0.29) is 6.03 Å². The quantitative estimate of drug-likeness (QED) is 0.795. The molecule has 0 saturated carbocycles. The fraction of sp³-hybridized carbons (Fsp3) is 0.846. The van der Waals surface area contributed by atoms with Gasteiger partial charge in [-0.05, 0) is 33.7 Å². The molecule has 7 nitrogen and oxygen atoms in total. The third-order valence-corrected chi connectivity index (χ3v) is 3.00. The van der Waals surface area contributed by atoms with Crippen LogP contribution in [0.4, 0.5) is 9.59 Å². The lowest BCUT2D eigenvalue weighted by molar-refractivity contribution is 0.0522. The fourth-order valence-corrected chi connectivity index (χ4v) is 2.05. The minimum atomic E-state index is -0.478. The summed E-state index contributed by atoms with van der Waals surface area (Å²) < 4.78 is 5.16. The second-order valence-corrected chi connectivity index (χ2v) is 5.95. The lowest BCUT2D eigenvalue weighted by atomic mass is 10.2. The van der Waals surface area contributed by atoms with Crippen molar-refractivity contribution in [1.82, 2.24) is 15.1 Å². The van der Waals surface area contributed by atoms with Gasteiger partial charge in [0.25, 0.3) is 0 Å². The Morgan fingerprint density at radius 2 is 1.90 bits per heavy atom. The molecule has 20 heavy (non-hydrogen) atoms. The summed E-state index contributed by atoms with van der Waals surface area (Å²) in [4.78, 5) is 26.5. The highest BCUT2D eigenvalue weighted by Crippen LogP contribution is 2.06. The highest BCUT2D eigenvalue weighted by atomic mass is 16.6. The molecule has 0 spiro atoms. The molecule has 1 aliphatic heterocycles. The number of carbonyl (C=O) groups is 2. The maximum absolute atomic E-state index is 11.5. The number of nitrogens with zero attached hydrogens (tertiary/aromatic N) is 2. The number of amides is 3. The van der Waals surface area contributed by atoms with Gasteiger partial charge in [0.1, 0.15) is 5.60 Å². The first-order chi connectivity index (χ1) is 9.28. The molecule has 1 saturated heterocycles. The molecule has 3 N–H and O–H groups in total. The Hall–Kier alpha value is -1.50. The summed E-state index contributed by atoms with van der Waals surface area (Å²) in [6.45, 7) is 9.79. The summed E-state index contributed by atoms with van der Waals surface area (Å²) in [5, 5.41) is 2.73. The maximum Gasteiger partial charge on any atom is 0.407 e. The van der Waals surface area contributed by atoms with Crippen molar-refractivity contribution < 1.29 is 14.3 Å². The van der Waals surface area contributed by atoms with Gasteiger partial charge in [-0.15, -0.1) is 0 Å². The molecule has 0 aromatic rings. The SMILES string of the molecule is CC(C)(C)OC(=O)NCCN1CCCN(C(N)=O)CC1. The number of urea groups is 1. The van der Waals surface area contributed by atoms with Gasteiger partial charge in [-0.1, -0.05) is 0 Å². The van der Waals surface area contributed by atoms with Crippen molar-refractivity contribution in [2.24, 2.45) is 5.73 Å². The largest absolute Gasteiger partial charge is 0.444 e. The van der Waals surface area contributed by atoms with Crippen LogP contribution < -0.4 is 11.1 Å². The van der Waals surface area contributed by atoms with Crippen molar-refractivity contribution in [3.63, 3.8) is 0 Å². The molecular formula is C13H26N4O3. The lowest BCUT2D eigenvalue weighted by Crippen LogP contribution is -2.40. The average Bonchev–Trinajstić information content (AvgIpc) is 2.52. The van der Waals surface area contributed by atoms with Gasteiger partial charge in [0, 0.05) is 32.7 Å². The monoisotopic (exact) mass is 286 g/mol. The van der Waals surface area contributed by atoms with Crippen LogP contribution in [0.5, 0.6) is 0 Å². The zero-order valence-corrected chi connectivity index (χ0v) is 12.6. The molecule has 7 heteroatoms. The highest BCUT2D eigenvalue weighted by molar-refractivity contribution is 5.72. The van der Waals surface area contributed by atoms with E-state index in [4.69, 9.17) is 10.5 Å². The molecule has 1 aliphatic rings. The second-order valence-electron chi connectivity index (χ2n) is 5.95. The van der Waals surface area contributed by atoms with Gasteiger partial charge >= 0.3 is 12.1 Å². The molecule has 0 aliphatic carbocycles. The van der Waals surface area contributed by atoms with E-state index in [1.807, 2.05) is 20.8 Å². The van der Waals surface area contributed by atoms with Crippen molar-refractivity contribution >= 4 is 12.1 Å². The van der Waals surface area contributed by atoms with Crippen LogP contribution in [-0.2, 0) is 4.74 Å². The van der Waals surface area contributed by atoms with E-state index in [2.05, 4.69) is 10.2 Å². The van der Waals surface area contributed by atoms with E-state index in [0.29, 0.717) is 19.6 Å². The van der Waals surface area contributed by atoms with Gasteiger partial charge in [0.05, 0.1) is 0 Å². The number of nitrogens with one attached hydrogen (secondary N) is 1. The molecule has 3 amide bonds. The molecular weight excluding hydrogens is 260 g/mol. The summed E-state index contributed by atoms with van der Waals surface area (Å²) >= 11 is 0. The predicted octanol–water partition coefficient (Wildman–Crippen LogP) is 0.598. The third kappa shape index (κ3) is 6.60. The fourth-order valence-electron chi connectivity index (χ4n) is 2.05. The van der Waals surface area contributed by atoms with Crippen LogP contribution in [0.1, 0.15) is 27.2 Å². The van der Waals surface area contributed by atoms with Crippen LogP contribution in [0.15, 0.2) is 0 Å². The summed E-state index contributed by atoms with van der Waals surface area (Å²) in [5.41, 5.74) is 4.80. The van der Waals surface area contributed by atoms with E-state index in [0.717, 1.165) is 26.1 Å². The lowest BCUT2D eigenvalue weighted by Gasteiger charge is -2.22. The first-order valence-corrected chi connectivity index (χ1v) is 7.01. The number of primary amides is 1. The van der Waals surface area contributed by atoms with Gasteiger partial charge < -0.3 is 20.7 Å². The van der Waals surface area contributed by atoms with Gasteiger partial charge in [-0.25, -0.2) is 9.59 Å². The Bertz CT molecular complexity index is 341. The standard InChI is InChI=1S/C13H26N4O3/c1-13(2,3)20-12(19)15-5-8-16-6-4-7-17(10-9-16)11(14)18/h4-10H2,1-3H3,(H2,14,18)(H,15,19). The third-order valence-electron chi connectivity index (χ3n) is 3.00. The van der Waals surface area contributed by atoms with Crippen molar-refractivity contribution in [2.75, 3.05) is 39.3 Å². The predicted molar refractivity (Wildman–Crippen MR) is 76.5 cm³/mol. The van der Waals surface area contributed by atoms with Crippen LogP contribution in [0.3, 0.4) is 0 Å². The number of carbonyl (C=O) groups excluding carboxylic acids is 2. The molecule has 116 valence electrons. The van der Waals surface area contributed by atoms with Crippen LogP contribution in [0.2, 0.25) is 0 Å². The number of hydrogen-bond donors (Lipinski definition) is 2. The number of alkyl carbamates (subject to hydrolysis) is 1. The van der Waals surface area contributed by atoms with Gasteiger partial charge in [-0.2, -0.15) is 0 Å². The van der Waals surface area contributed by atoms with Gasteiger partial charge in [0.15, 0.2) is 0 Å². The zero-order chi connectivity index (χ0) is 15.2. The van der Waals surface area contributed by atoms with Gasteiger partial charge in [-0.3, -0.25) is 4.90 Å². The van der Waals surface area contributed by atoms with E-state index in [1.54, 1.807) is 4.90 Å². The summed E-state index contributed by atoms with van der Waals surface area (Å²) in [5.74, 6) is 0. The molecule has 0 aromatic carbocycles. The van der Waals surface area contributed by atoms with Crippen LogP contribution in [-0.4, -0.2) is 66.8 Å². The molecule has 0 unspecified atom stereocenters. The van der Waals surface area contributed by atoms with E-state index in [9.17, 15) is 9.59 Å². The summed E-state index contributed by atoms with van der Waals surface area (Å²) in [7, 11) is 0. The van der Waals surface area contributed by atoms with Crippen molar-refractivity contribution in [2.45, 2.75) is 32.8 Å². The Labute approximate surface area is 120 Å². The van der Waals surface area contributed by atoms with Crippen molar-refractivity contribution in [3.8, 4) is 0 Å². The van der Waals surface area contributed by atoms with Crippen LogP contribution in [0, 0.1) is 0 Å². The topological polar surface area (TPSA) is 87.9 Å². The molecule has 1 heterocycles. The second kappa shape index (κ2) is 7.33. The first-order valence-electron chi connectivity index (χ1n) is 7.01. The zero-order valence-electron chi connectivity index (χ0n) is 12.6. The maximum atomic E-state index is 11.5. The van der Waals surface area contributed by atoms with Crippen LogP contribution >= 0.6 is 0 Å². The Morgan fingerprint density at radius 1 is 1.20 bits per heavy atom. The van der Waals surface area contributed by atoms with Gasteiger partial charge in [0.2, 0.25) is 0 Å². The number of hydrogen-bond acceptors (Lipinski definition) is 4. The highest BCUT2D eigenvalue weighted by Gasteiger charge is 2.18. The molecule has 0 radical (unpaired) electrons. The van der Waals surface area contributed by atoms with E-state index < -0.39 is 11.7 Å². The molecule has 0 bridgehead atoms. The Kier molecular flexibility index (Phi) is 6.06. The summed E-state index contributed by atoms with van der Waals surface area (Å²) in [6.07, 6.45) is 0.501. The number of nitrogens with two attached hydrogens (primary N) is 1. The minimum Gasteiger partial charge on any atom is -0.444 e. The van der Waals surface area contributed by atoms with Crippen molar-refractivity contribution in [1.29, 1.82) is 0 Å². The smallest absolute Gasteiger partial charge is 0.407 e. The van der Waals surface area contributed by atoms with E-state index >= 15 is 0 Å². The minimum absolute atomic E-state index is 0.362.